The van der Waals surface area contributed by atoms with E-state index in [0.29, 0.717) is 23.0 Å². The highest BCUT2D eigenvalue weighted by molar-refractivity contribution is 9.13. The Hall–Kier alpha value is -1.18. The van der Waals surface area contributed by atoms with Gasteiger partial charge in [-0.15, -0.1) is 11.3 Å². The van der Waals surface area contributed by atoms with Crippen molar-refractivity contribution in [3.63, 3.8) is 0 Å². The average molecular weight is 458 g/mol. The molecule has 2 aromatic rings. The lowest BCUT2D eigenvalue weighted by atomic mass is 10.1. The van der Waals surface area contributed by atoms with Gasteiger partial charge in [-0.2, -0.15) is 0 Å². The summed E-state index contributed by atoms with van der Waals surface area (Å²) in [5, 5.41) is 5.83. The molecule has 0 bridgehead atoms. The Morgan fingerprint density at radius 1 is 1.13 bits per heavy atom. The van der Waals surface area contributed by atoms with Gasteiger partial charge >= 0.3 is 0 Å². The first-order valence-electron chi connectivity index (χ1n) is 7.16. The van der Waals surface area contributed by atoms with Gasteiger partial charge < -0.3 is 10.6 Å². The Labute approximate surface area is 154 Å². The van der Waals surface area contributed by atoms with Gasteiger partial charge in [0, 0.05) is 22.6 Å². The number of carbonyl (C=O) groups is 2. The maximum absolute atomic E-state index is 12.1. The van der Waals surface area contributed by atoms with Crippen molar-refractivity contribution in [2.75, 3.05) is 0 Å². The molecule has 4 nitrogen and oxygen atoms in total. The predicted molar refractivity (Wildman–Crippen MR) is 97.8 cm³/mol. The van der Waals surface area contributed by atoms with E-state index in [0.717, 1.165) is 26.7 Å². The van der Waals surface area contributed by atoms with E-state index in [2.05, 4.69) is 42.5 Å². The third-order valence-electron chi connectivity index (χ3n) is 3.45. The smallest absolute Gasteiger partial charge is 0.261 e. The molecule has 2 N–H and O–H groups in total. The fraction of sp³-hybridized carbons (Fsp3) is 0.250. The Morgan fingerprint density at radius 3 is 2.39 bits per heavy atom. The zero-order chi connectivity index (χ0) is 16.4. The molecule has 0 spiro atoms. The van der Waals surface area contributed by atoms with E-state index in [1.807, 2.05) is 12.1 Å². The summed E-state index contributed by atoms with van der Waals surface area (Å²) in [5.41, 5.74) is 1.61. The van der Waals surface area contributed by atoms with Crippen molar-refractivity contribution in [1.82, 2.24) is 10.6 Å². The molecule has 1 fully saturated rings. The first-order valence-corrected chi connectivity index (χ1v) is 9.56. The van der Waals surface area contributed by atoms with Crippen molar-refractivity contribution in [3.05, 3.63) is 54.6 Å². The van der Waals surface area contributed by atoms with E-state index in [4.69, 9.17) is 0 Å². The second kappa shape index (κ2) is 7.15. The SMILES string of the molecule is O=C(NC1CC1)c1ccc(CNC(=O)c2cc(Br)c(Br)s2)cc1. The molecule has 1 aliphatic rings. The van der Waals surface area contributed by atoms with Gasteiger partial charge in [0.25, 0.3) is 11.8 Å². The van der Waals surface area contributed by atoms with Crippen LogP contribution in [0.4, 0.5) is 0 Å². The van der Waals surface area contributed by atoms with Gasteiger partial charge in [-0.25, -0.2) is 0 Å². The van der Waals surface area contributed by atoms with Crippen LogP contribution in [0, 0.1) is 0 Å². The van der Waals surface area contributed by atoms with Crippen molar-refractivity contribution < 1.29 is 9.59 Å². The molecule has 23 heavy (non-hydrogen) atoms. The largest absolute Gasteiger partial charge is 0.349 e. The maximum Gasteiger partial charge on any atom is 0.261 e. The number of hydrogen-bond acceptors (Lipinski definition) is 3. The summed E-state index contributed by atoms with van der Waals surface area (Å²) < 4.78 is 1.77. The molecule has 0 unspecified atom stereocenters. The standard InChI is InChI=1S/C16H14Br2N2O2S/c17-12-7-13(23-14(12)18)16(22)19-8-9-1-3-10(4-2-9)15(21)20-11-5-6-11/h1-4,7,11H,5-6,8H2,(H,19,22)(H,20,21). The minimum atomic E-state index is -0.114. The number of carbonyl (C=O) groups excluding carboxylic acids is 2. The number of benzene rings is 1. The van der Waals surface area contributed by atoms with Crippen molar-refractivity contribution in [2.45, 2.75) is 25.4 Å². The molecule has 120 valence electrons. The molecule has 1 saturated carbocycles. The van der Waals surface area contributed by atoms with Crippen LogP contribution in [0.15, 0.2) is 38.6 Å². The lowest BCUT2D eigenvalue weighted by molar-refractivity contribution is 0.0943. The van der Waals surface area contributed by atoms with Gasteiger partial charge in [-0.3, -0.25) is 9.59 Å². The van der Waals surface area contributed by atoms with Crippen LogP contribution in [0.2, 0.25) is 0 Å². The third kappa shape index (κ3) is 4.43. The Balaban J connectivity index is 1.55. The van der Waals surface area contributed by atoms with E-state index < -0.39 is 0 Å². The molecule has 3 rings (SSSR count). The van der Waals surface area contributed by atoms with E-state index in [1.165, 1.54) is 11.3 Å². The van der Waals surface area contributed by atoms with Crippen molar-refractivity contribution in [3.8, 4) is 0 Å². The van der Waals surface area contributed by atoms with Crippen LogP contribution in [0.25, 0.3) is 0 Å². The van der Waals surface area contributed by atoms with Crippen LogP contribution in [-0.4, -0.2) is 17.9 Å². The van der Waals surface area contributed by atoms with Gasteiger partial charge in [0.05, 0.1) is 8.66 Å². The first kappa shape index (κ1) is 16.7. The van der Waals surface area contributed by atoms with E-state index >= 15 is 0 Å². The normalized spacial score (nSPS) is 13.7. The second-order valence-electron chi connectivity index (χ2n) is 5.36. The number of nitrogens with one attached hydrogen (secondary N) is 2. The molecule has 1 aromatic heterocycles. The van der Waals surface area contributed by atoms with Gasteiger partial charge in [-0.1, -0.05) is 12.1 Å². The Bertz CT molecular complexity index is 720. The topological polar surface area (TPSA) is 58.2 Å². The Kier molecular flexibility index (Phi) is 5.18. The van der Waals surface area contributed by atoms with Crippen LogP contribution in [0.1, 0.15) is 38.4 Å². The first-order chi connectivity index (χ1) is 11.0. The monoisotopic (exact) mass is 456 g/mol. The molecule has 1 heterocycles. The average Bonchev–Trinajstić information content (AvgIpc) is 3.29. The lowest BCUT2D eigenvalue weighted by Gasteiger charge is -2.06. The van der Waals surface area contributed by atoms with E-state index in [9.17, 15) is 9.59 Å². The van der Waals surface area contributed by atoms with E-state index in [1.54, 1.807) is 18.2 Å². The molecule has 0 saturated heterocycles. The van der Waals surface area contributed by atoms with Crippen LogP contribution >= 0.6 is 43.2 Å². The van der Waals surface area contributed by atoms with Crippen LogP contribution in [-0.2, 0) is 6.54 Å². The number of rotatable bonds is 5. The lowest BCUT2D eigenvalue weighted by Crippen LogP contribution is -2.25. The molecule has 7 heteroatoms. The highest BCUT2D eigenvalue weighted by Gasteiger charge is 2.23. The fourth-order valence-corrected chi connectivity index (χ4v) is 3.95. The minimum absolute atomic E-state index is 0.0311. The van der Waals surface area contributed by atoms with Gasteiger partial charge in [-0.05, 0) is 68.5 Å². The van der Waals surface area contributed by atoms with E-state index in [-0.39, 0.29) is 11.8 Å². The highest BCUT2D eigenvalue weighted by atomic mass is 79.9. The number of thiophene rings is 1. The Morgan fingerprint density at radius 2 is 1.83 bits per heavy atom. The quantitative estimate of drug-likeness (QED) is 0.710. The van der Waals surface area contributed by atoms with Crippen LogP contribution < -0.4 is 10.6 Å². The van der Waals surface area contributed by atoms with Crippen molar-refractivity contribution in [2.24, 2.45) is 0 Å². The zero-order valence-corrected chi connectivity index (χ0v) is 16.1. The summed E-state index contributed by atoms with van der Waals surface area (Å²) in [7, 11) is 0. The van der Waals surface area contributed by atoms with Crippen molar-refractivity contribution in [1.29, 1.82) is 0 Å². The molecule has 0 radical (unpaired) electrons. The minimum Gasteiger partial charge on any atom is -0.349 e. The fourth-order valence-electron chi connectivity index (χ4n) is 2.00. The molecule has 1 aliphatic carbocycles. The molecular formula is C16H14Br2N2O2S. The van der Waals surface area contributed by atoms with Gasteiger partial charge in [0.2, 0.25) is 0 Å². The van der Waals surface area contributed by atoms with Gasteiger partial charge in [0.15, 0.2) is 0 Å². The molecule has 2 amide bonds. The summed E-state index contributed by atoms with van der Waals surface area (Å²) in [6, 6.07) is 9.45. The number of hydrogen-bond donors (Lipinski definition) is 2. The number of amides is 2. The molecule has 1 aromatic carbocycles. The second-order valence-corrected chi connectivity index (χ2v) is 8.58. The van der Waals surface area contributed by atoms with Crippen molar-refractivity contribution >= 4 is 55.0 Å². The summed E-state index contributed by atoms with van der Waals surface area (Å²) in [6.07, 6.45) is 2.15. The maximum atomic E-state index is 12.1. The molecular weight excluding hydrogens is 444 g/mol. The third-order valence-corrected chi connectivity index (χ3v) is 6.71. The summed E-state index contributed by atoms with van der Waals surface area (Å²) in [4.78, 5) is 24.6. The summed E-state index contributed by atoms with van der Waals surface area (Å²) in [6.45, 7) is 0.427. The zero-order valence-electron chi connectivity index (χ0n) is 12.1. The van der Waals surface area contributed by atoms with Gasteiger partial charge in [0.1, 0.15) is 0 Å². The summed E-state index contributed by atoms with van der Waals surface area (Å²) in [5.74, 6) is -0.145. The van der Waals surface area contributed by atoms with Crippen LogP contribution in [0.3, 0.4) is 0 Å². The van der Waals surface area contributed by atoms with Crippen LogP contribution in [0.5, 0.6) is 0 Å². The highest BCUT2D eigenvalue weighted by Crippen LogP contribution is 2.32. The molecule has 0 atom stereocenters. The molecule has 0 aliphatic heterocycles. The summed E-state index contributed by atoms with van der Waals surface area (Å²) >= 11 is 8.13. The number of halogens is 2. The predicted octanol–water partition coefficient (Wildman–Crippen LogP) is 4.10.